The van der Waals surface area contributed by atoms with Crippen molar-refractivity contribution in [2.24, 2.45) is 7.05 Å². The highest BCUT2D eigenvalue weighted by Crippen LogP contribution is 2.21. The van der Waals surface area contributed by atoms with E-state index in [-0.39, 0.29) is 5.56 Å². The van der Waals surface area contributed by atoms with E-state index < -0.39 is 0 Å². The van der Waals surface area contributed by atoms with Gasteiger partial charge in [0.05, 0.1) is 29.1 Å². The number of halogens is 2. The van der Waals surface area contributed by atoms with Crippen molar-refractivity contribution >= 4 is 38.4 Å². The standard InChI is InChI=1S/C16H11BrClN3O/c1-20-16(22)14-5-4-13(18)7-15(14)21(20)9-11-6-12(17)3-2-10(11)8-19/h2-7H,9H2,1H3. The average molecular weight is 377 g/mol. The lowest BCUT2D eigenvalue weighted by atomic mass is 10.1. The van der Waals surface area contributed by atoms with Crippen molar-refractivity contribution < 1.29 is 0 Å². The minimum absolute atomic E-state index is 0.0832. The Kier molecular flexibility index (Phi) is 3.81. The molecule has 0 unspecified atom stereocenters. The Morgan fingerprint density at radius 2 is 2.05 bits per heavy atom. The molecule has 0 radical (unpaired) electrons. The molecule has 22 heavy (non-hydrogen) atoms. The summed E-state index contributed by atoms with van der Waals surface area (Å²) in [6, 6.07) is 12.8. The minimum Gasteiger partial charge on any atom is -0.278 e. The fourth-order valence-electron chi connectivity index (χ4n) is 2.50. The first kappa shape index (κ1) is 14.9. The van der Waals surface area contributed by atoms with Gasteiger partial charge in [-0.1, -0.05) is 27.5 Å². The van der Waals surface area contributed by atoms with Crippen molar-refractivity contribution in [3.63, 3.8) is 0 Å². The number of aromatic nitrogens is 2. The van der Waals surface area contributed by atoms with Gasteiger partial charge in [-0.25, -0.2) is 0 Å². The van der Waals surface area contributed by atoms with E-state index in [4.69, 9.17) is 11.6 Å². The van der Waals surface area contributed by atoms with Crippen molar-refractivity contribution in [3.8, 4) is 6.07 Å². The maximum absolute atomic E-state index is 12.3. The molecule has 0 aliphatic heterocycles. The van der Waals surface area contributed by atoms with Crippen LogP contribution < -0.4 is 5.56 Å². The molecular weight excluding hydrogens is 366 g/mol. The molecule has 1 heterocycles. The van der Waals surface area contributed by atoms with Crippen LogP contribution in [0.5, 0.6) is 0 Å². The monoisotopic (exact) mass is 375 g/mol. The third kappa shape index (κ3) is 2.45. The van der Waals surface area contributed by atoms with Crippen LogP contribution >= 0.6 is 27.5 Å². The van der Waals surface area contributed by atoms with Gasteiger partial charge in [0, 0.05) is 16.5 Å². The quantitative estimate of drug-likeness (QED) is 0.685. The molecule has 0 spiro atoms. The number of nitrogens with zero attached hydrogens (tertiary/aromatic N) is 3. The predicted octanol–water partition coefficient (Wildman–Crippen LogP) is 3.68. The molecule has 0 amide bonds. The summed E-state index contributed by atoms with van der Waals surface area (Å²) in [5.74, 6) is 0. The summed E-state index contributed by atoms with van der Waals surface area (Å²) in [5, 5.41) is 10.4. The number of benzene rings is 2. The minimum atomic E-state index is -0.0832. The molecular formula is C16H11BrClN3O. The predicted molar refractivity (Wildman–Crippen MR) is 90.1 cm³/mol. The van der Waals surface area contributed by atoms with E-state index in [1.807, 2.05) is 16.8 Å². The summed E-state index contributed by atoms with van der Waals surface area (Å²) >= 11 is 9.47. The highest BCUT2D eigenvalue weighted by molar-refractivity contribution is 9.10. The van der Waals surface area contributed by atoms with E-state index in [0.29, 0.717) is 22.5 Å². The number of hydrogen-bond donors (Lipinski definition) is 0. The zero-order chi connectivity index (χ0) is 15.9. The van der Waals surface area contributed by atoms with Gasteiger partial charge in [0.15, 0.2) is 0 Å². The van der Waals surface area contributed by atoms with E-state index in [9.17, 15) is 10.1 Å². The maximum Gasteiger partial charge on any atom is 0.274 e. The summed E-state index contributed by atoms with van der Waals surface area (Å²) in [4.78, 5) is 12.3. The molecule has 0 saturated carbocycles. The second kappa shape index (κ2) is 5.64. The van der Waals surface area contributed by atoms with Crippen LogP contribution in [0.2, 0.25) is 5.02 Å². The van der Waals surface area contributed by atoms with Gasteiger partial charge in [-0.3, -0.25) is 14.2 Å². The van der Waals surface area contributed by atoms with Gasteiger partial charge >= 0.3 is 0 Å². The number of fused-ring (bicyclic) bond motifs is 1. The van der Waals surface area contributed by atoms with Gasteiger partial charge in [0.1, 0.15) is 0 Å². The fourth-order valence-corrected chi connectivity index (χ4v) is 3.07. The van der Waals surface area contributed by atoms with Crippen LogP contribution in [0.3, 0.4) is 0 Å². The van der Waals surface area contributed by atoms with Crippen molar-refractivity contribution in [2.45, 2.75) is 6.54 Å². The van der Waals surface area contributed by atoms with Gasteiger partial charge in [-0.05, 0) is 42.0 Å². The second-order valence-corrected chi connectivity index (χ2v) is 6.31. The van der Waals surface area contributed by atoms with Crippen LogP contribution in [0.25, 0.3) is 10.9 Å². The topological polar surface area (TPSA) is 50.7 Å². The van der Waals surface area contributed by atoms with Crippen molar-refractivity contribution in [2.75, 3.05) is 0 Å². The molecule has 0 aliphatic carbocycles. The molecule has 2 aromatic carbocycles. The Hall–Kier alpha value is -2.03. The molecule has 6 heteroatoms. The second-order valence-electron chi connectivity index (χ2n) is 4.96. The fraction of sp³-hybridized carbons (Fsp3) is 0.125. The van der Waals surface area contributed by atoms with E-state index in [1.54, 1.807) is 36.0 Å². The molecule has 0 bridgehead atoms. The molecule has 3 aromatic rings. The maximum atomic E-state index is 12.3. The summed E-state index contributed by atoms with van der Waals surface area (Å²) in [5.41, 5.74) is 2.09. The van der Waals surface area contributed by atoms with Crippen LogP contribution in [0, 0.1) is 11.3 Å². The third-order valence-corrected chi connectivity index (χ3v) is 4.36. The van der Waals surface area contributed by atoms with Crippen molar-refractivity contribution in [3.05, 3.63) is 67.4 Å². The molecule has 0 N–H and O–H groups in total. The highest BCUT2D eigenvalue weighted by atomic mass is 79.9. The highest BCUT2D eigenvalue weighted by Gasteiger charge is 2.13. The third-order valence-electron chi connectivity index (χ3n) is 3.63. The van der Waals surface area contributed by atoms with Crippen LogP contribution in [0.1, 0.15) is 11.1 Å². The van der Waals surface area contributed by atoms with Crippen LogP contribution in [0.15, 0.2) is 45.7 Å². The average Bonchev–Trinajstić information content (AvgIpc) is 2.72. The molecule has 1 aromatic heterocycles. The molecule has 0 aliphatic rings. The van der Waals surface area contributed by atoms with Crippen LogP contribution in [-0.4, -0.2) is 9.36 Å². The largest absolute Gasteiger partial charge is 0.278 e. The van der Waals surface area contributed by atoms with E-state index in [2.05, 4.69) is 22.0 Å². The lowest BCUT2D eigenvalue weighted by Crippen LogP contribution is -2.20. The lowest BCUT2D eigenvalue weighted by molar-refractivity contribution is 0.553. The Morgan fingerprint density at radius 3 is 2.77 bits per heavy atom. The first-order valence-electron chi connectivity index (χ1n) is 6.55. The van der Waals surface area contributed by atoms with Crippen LogP contribution in [-0.2, 0) is 13.6 Å². The van der Waals surface area contributed by atoms with E-state index in [1.165, 1.54) is 0 Å². The van der Waals surface area contributed by atoms with Crippen LogP contribution in [0.4, 0.5) is 0 Å². The summed E-state index contributed by atoms with van der Waals surface area (Å²) < 4.78 is 4.26. The smallest absolute Gasteiger partial charge is 0.274 e. The van der Waals surface area contributed by atoms with Gasteiger partial charge in [-0.2, -0.15) is 5.26 Å². The van der Waals surface area contributed by atoms with E-state index >= 15 is 0 Å². The normalized spacial score (nSPS) is 10.8. The first-order chi connectivity index (χ1) is 10.5. The summed E-state index contributed by atoms with van der Waals surface area (Å²) in [7, 11) is 1.71. The Bertz CT molecular complexity index is 981. The first-order valence-corrected chi connectivity index (χ1v) is 7.72. The molecule has 3 rings (SSSR count). The number of hydrogen-bond acceptors (Lipinski definition) is 2. The Labute approximate surface area is 140 Å². The van der Waals surface area contributed by atoms with Gasteiger partial charge in [-0.15, -0.1) is 0 Å². The zero-order valence-corrected chi connectivity index (χ0v) is 14.0. The van der Waals surface area contributed by atoms with Crippen molar-refractivity contribution in [1.29, 1.82) is 5.26 Å². The molecule has 110 valence electrons. The number of nitriles is 1. The molecule has 0 saturated heterocycles. The Balaban J connectivity index is 2.22. The van der Waals surface area contributed by atoms with Gasteiger partial charge in [0.2, 0.25) is 0 Å². The lowest BCUT2D eigenvalue weighted by Gasteiger charge is -2.11. The van der Waals surface area contributed by atoms with Gasteiger partial charge in [0.25, 0.3) is 5.56 Å². The number of rotatable bonds is 2. The van der Waals surface area contributed by atoms with Gasteiger partial charge < -0.3 is 0 Å². The molecule has 0 atom stereocenters. The summed E-state index contributed by atoms with van der Waals surface area (Å²) in [6.45, 7) is 0.415. The Morgan fingerprint density at radius 1 is 1.27 bits per heavy atom. The van der Waals surface area contributed by atoms with E-state index in [0.717, 1.165) is 15.6 Å². The summed E-state index contributed by atoms with van der Waals surface area (Å²) in [6.07, 6.45) is 0. The SMILES string of the molecule is Cn1c(=O)c2ccc(Cl)cc2n1Cc1cc(Br)ccc1C#N. The van der Waals surface area contributed by atoms with Crippen molar-refractivity contribution in [1.82, 2.24) is 9.36 Å². The zero-order valence-electron chi connectivity index (χ0n) is 11.7. The molecule has 4 nitrogen and oxygen atoms in total. The molecule has 0 fully saturated rings.